The topological polar surface area (TPSA) is 72.8 Å². The van der Waals surface area contributed by atoms with Gasteiger partial charge in [-0.25, -0.2) is 9.59 Å². The van der Waals surface area contributed by atoms with E-state index in [4.69, 9.17) is 5.11 Å². The van der Waals surface area contributed by atoms with Gasteiger partial charge >= 0.3 is 18.2 Å². The maximum atomic E-state index is 10.5. The van der Waals surface area contributed by atoms with Gasteiger partial charge in [-0.2, -0.15) is 0 Å². The molecular formula is C6H6O5. The van der Waals surface area contributed by atoms with E-state index in [2.05, 4.69) is 9.47 Å². The number of carboxylic acids is 1. The summed E-state index contributed by atoms with van der Waals surface area (Å²) in [5, 5.41) is 8.34. The standard InChI is InChI=1S/C6H6O5/c1-3-2-4(7)11-6(10-3)5(8)9/h2,6H,1H3,(H,8,9). The summed E-state index contributed by atoms with van der Waals surface area (Å²) < 4.78 is 8.92. The number of carboxylic acid groups (broad SMARTS) is 1. The number of carbonyl (C=O) groups excluding carboxylic acids is 1. The third-order valence-electron chi connectivity index (χ3n) is 1.04. The van der Waals surface area contributed by atoms with Crippen LogP contribution in [-0.4, -0.2) is 23.3 Å². The largest absolute Gasteiger partial charge is 0.476 e. The Labute approximate surface area is 62.2 Å². The summed E-state index contributed by atoms with van der Waals surface area (Å²) in [7, 11) is 0. The van der Waals surface area contributed by atoms with Crippen LogP contribution in [0.2, 0.25) is 0 Å². The van der Waals surface area contributed by atoms with Crippen molar-refractivity contribution in [3.63, 3.8) is 0 Å². The third-order valence-corrected chi connectivity index (χ3v) is 1.04. The van der Waals surface area contributed by atoms with Crippen molar-refractivity contribution in [2.75, 3.05) is 0 Å². The van der Waals surface area contributed by atoms with Crippen molar-refractivity contribution in [2.45, 2.75) is 13.2 Å². The van der Waals surface area contributed by atoms with Crippen LogP contribution in [0.3, 0.4) is 0 Å². The fraction of sp³-hybridized carbons (Fsp3) is 0.333. The first kappa shape index (κ1) is 7.59. The number of cyclic esters (lactones) is 1. The van der Waals surface area contributed by atoms with E-state index in [9.17, 15) is 9.59 Å². The Kier molecular flexibility index (Phi) is 1.80. The summed E-state index contributed by atoms with van der Waals surface area (Å²) in [6.45, 7) is 1.48. The maximum Gasteiger partial charge on any atom is 0.387 e. The third kappa shape index (κ3) is 1.70. The Morgan fingerprint density at radius 3 is 2.73 bits per heavy atom. The Morgan fingerprint density at radius 2 is 2.27 bits per heavy atom. The Hall–Kier alpha value is -1.52. The van der Waals surface area contributed by atoms with Crippen LogP contribution >= 0.6 is 0 Å². The molecule has 0 amide bonds. The van der Waals surface area contributed by atoms with Crippen LogP contribution in [0.1, 0.15) is 6.92 Å². The molecule has 0 radical (unpaired) electrons. The number of hydrogen-bond acceptors (Lipinski definition) is 4. The number of esters is 1. The van der Waals surface area contributed by atoms with Crippen LogP contribution in [-0.2, 0) is 19.1 Å². The molecule has 0 aliphatic carbocycles. The minimum absolute atomic E-state index is 0.244. The van der Waals surface area contributed by atoms with Gasteiger partial charge in [-0.15, -0.1) is 0 Å². The van der Waals surface area contributed by atoms with E-state index in [1.807, 2.05) is 0 Å². The smallest absolute Gasteiger partial charge is 0.387 e. The zero-order valence-corrected chi connectivity index (χ0v) is 5.73. The lowest BCUT2D eigenvalue weighted by atomic mass is 10.4. The Bertz CT molecular complexity index is 229. The molecule has 0 aromatic rings. The van der Waals surface area contributed by atoms with E-state index < -0.39 is 18.2 Å². The molecule has 5 nitrogen and oxygen atoms in total. The Morgan fingerprint density at radius 1 is 1.64 bits per heavy atom. The second kappa shape index (κ2) is 2.61. The minimum atomic E-state index is -1.49. The quantitative estimate of drug-likeness (QED) is 0.538. The molecule has 1 unspecified atom stereocenters. The SMILES string of the molecule is CC1=CC(=O)OC(C(=O)O)O1. The van der Waals surface area contributed by atoms with Crippen LogP contribution in [0.15, 0.2) is 11.8 Å². The van der Waals surface area contributed by atoms with Crippen LogP contribution < -0.4 is 0 Å². The van der Waals surface area contributed by atoms with Gasteiger partial charge in [0.1, 0.15) is 5.76 Å². The predicted molar refractivity (Wildman–Crippen MR) is 32.4 cm³/mol. The highest BCUT2D eigenvalue weighted by atomic mass is 16.7. The molecule has 1 heterocycles. The summed E-state index contributed by atoms with van der Waals surface area (Å²) in [6, 6.07) is 0. The fourth-order valence-electron chi connectivity index (χ4n) is 0.633. The zero-order chi connectivity index (χ0) is 8.43. The van der Waals surface area contributed by atoms with Gasteiger partial charge in [0.05, 0.1) is 6.08 Å². The molecular weight excluding hydrogens is 152 g/mol. The highest BCUT2D eigenvalue weighted by Crippen LogP contribution is 2.10. The molecule has 0 bridgehead atoms. The molecule has 0 aromatic carbocycles. The monoisotopic (exact) mass is 158 g/mol. The molecule has 1 N–H and O–H groups in total. The van der Waals surface area contributed by atoms with E-state index >= 15 is 0 Å². The second-order valence-electron chi connectivity index (χ2n) is 1.98. The summed E-state index contributed by atoms with van der Waals surface area (Å²) in [5.41, 5.74) is 0. The van der Waals surface area contributed by atoms with Crippen molar-refractivity contribution in [3.8, 4) is 0 Å². The van der Waals surface area contributed by atoms with Gasteiger partial charge in [0.15, 0.2) is 0 Å². The van der Waals surface area contributed by atoms with Gasteiger partial charge in [0.2, 0.25) is 0 Å². The van der Waals surface area contributed by atoms with Crippen LogP contribution in [0.25, 0.3) is 0 Å². The average molecular weight is 158 g/mol. The molecule has 0 saturated heterocycles. The van der Waals surface area contributed by atoms with Crippen molar-refractivity contribution in [1.82, 2.24) is 0 Å². The predicted octanol–water partition coefficient (Wildman–Crippen LogP) is -0.126. The molecule has 1 atom stereocenters. The summed E-state index contributed by atoms with van der Waals surface area (Å²) in [4.78, 5) is 20.8. The molecule has 1 rings (SSSR count). The fourth-order valence-corrected chi connectivity index (χ4v) is 0.633. The van der Waals surface area contributed by atoms with Gasteiger partial charge < -0.3 is 14.6 Å². The van der Waals surface area contributed by atoms with Crippen molar-refractivity contribution in [3.05, 3.63) is 11.8 Å². The van der Waals surface area contributed by atoms with Crippen molar-refractivity contribution in [2.24, 2.45) is 0 Å². The van der Waals surface area contributed by atoms with Crippen molar-refractivity contribution in [1.29, 1.82) is 0 Å². The van der Waals surface area contributed by atoms with Crippen LogP contribution in [0, 0.1) is 0 Å². The first-order valence-electron chi connectivity index (χ1n) is 2.88. The number of ether oxygens (including phenoxy) is 2. The highest BCUT2D eigenvalue weighted by molar-refractivity contribution is 5.86. The van der Waals surface area contributed by atoms with Crippen LogP contribution in [0.4, 0.5) is 0 Å². The molecule has 1 aliphatic heterocycles. The summed E-state index contributed by atoms with van der Waals surface area (Å²) in [6.07, 6.45) is -0.410. The van der Waals surface area contributed by atoms with Crippen molar-refractivity contribution >= 4 is 11.9 Å². The van der Waals surface area contributed by atoms with E-state index in [1.165, 1.54) is 6.92 Å². The molecule has 60 valence electrons. The van der Waals surface area contributed by atoms with E-state index in [0.29, 0.717) is 0 Å². The van der Waals surface area contributed by atoms with Gasteiger partial charge in [0.25, 0.3) is 0 Å². The van der Waals surface area contributed by atoms with Gasteiger partial charge in [-0.1, -0.05) is 0 Å². The number of carbonyl (C=O) groups is 2. The second-order valence-corrected chi connectivity index (χ2v) is 1.98. The highest BCUT2D eigenvalue weighted by Gasteiger charge is 2.27. The normalized spacial score (nSPS) is 23.2. The molecule has 0 saturated carbocycles. The minimum Gasteiger partial charge on any atom is -0.476 e. The average Bonchev–Trinajstić information content (AvgIpc) is 1.85. The Balaban J connectivity index is 2.72. The first-order chi connectivity index (χ1) is 5.09. The molecule has 5 heteroatoms. The lowest BCUT2D eigenvalue weighted by molar-refractivity contribution is -0.191. The molecule has 0 spiro atoms. The summed E-state index contributed by atoms with van der Waals surface area (Å²) in [5.74, 6) is -1.76. The zero-order valence-electron chi connectivity index (χ0n) is 5.73. The maximum absolute atomic E-state index is 10.5. The molecule has 11 heavy (non-hydrogen) atoms. The van der Waals surface area contributed by atoms with Gasteiger partial charge in [-0.3, -0.25) is 0 Å². The lowest BCUT2D eigenvalue weighted by Crippen LogP contribution is -2.31. The molecule has 1 aliphatic rings. The summed E-state index contributed by atoms with van der Waals surface area (Å²) >= 11 is 0. The van der Waals surface area contributed by atoms with Gasteiger partial charge in [-0.05, 0) is 6.92 Å². The number of aliphatic carboxylic acids is 1. The number of rotatable bonds is 1. The lowest BCUT2D eigenvalue weighted by Gasteiger charge is -2.18. The first-order valence-corrected chi connectivity index (χ1v) is 2.88. The number of allylic oxidation sites excluding steroid dienone is 1. The number of hydrogen-bond donors (Lipinski definition) is 1. The molecule has 0 fully saturated rings. The van der Waals surface area contributed by atoms with E-state index in [1.54, 1.807) is 0 Å². The van der Waals surface area contributed by atoms with E-state index in [0.717, 1.165) is 6.08 Å². The van der Waals surface area contributed by atoms with Crippen LogP contribution in [0.5, 0.6) is 0 Å². The molecule has 0 aromatic heterocycles. The van der Waals surface area contributed by atoms with E-state index in [-0.39, 0.29) is 5.76 Å². The van der Waals surface area contributed by atoms with Crippen molar-refractivity contribution < 1.29 is 24.2 Å². The van der Waals surface area contributed by atoms with Gasteiger partial charge in [0, 0.05) is 0 Å².